The lowest BCUT2D eigenvalue weighted by molar-refractivity contribution is 0.0356. The summed E-state index contributed by atoms with van der Waals surface area (Å²) in [6.45, 7) is 11.8. The second kappa shape index (κ2) is 3.94. The summed E-state index contributed by atoms with van der Waals surface area (Å²) in [4.78, 5) is 2.64. The molecular weight excluding hydrogens is 194 g/mol. The molecule has 2 aliphatic rings. The number of allylic oxidation sites excluding steroid dienone is 4. The van der Waals surface area contributed by atoms with Crippen molar-refractivity contribution in [1.82, 2.24) is 4.90 Å². The molecule has 2 atom stereocenters. The summed E-state index contributed by atoms with van der Waals surface area (Å²) in [6.07, 6.45) is 9.43. The van der Waals surface area contributed by atoms with Crippen LogP contribution in [0.25, 0.3) is 0 Å². The molecule has 0 N–H and O–H groups in total. The summed E-state index contributed by atoms with van der Waals surface area (Å²) in [5, 5.41) is 0. The number of rotatable bonds is 1. The second-order valence-electron chi connectivity index (χ2n) is 6.32. The lowest BCUT2D eigenvalue weighted by Crippen LogP contribution is -2.54. The van der Waals surface area contributed by atoms with Crippen LogP contribution in [0.4, 0.5) is 0 Å². The van der Waals surface area contributed by atoms with Crippen LogP contribution in [-0.2, 0) is 0 Å². The molecule has 0 amide bonds. The number of hydrogen-bond donors (Lipinski definition) is 0. The van der Waals surface area contributed by atoms with Crippen LogP contribution in [0.15, 0.2) is 23.9 Å². The van der Waals surface area contributed by atoms with Gasteiger partial charge in [0.15, 0.2) is 0 Å². The molecule has 0 saturated carbocycles. The van der Waals surface area contributed by atoms with Crippen LogP contribution in [0.1, 0.15) is 47.5 Å². The highest BCUT2D eigenvalue weighted by Crippen LogP contribution is 2.45. The normalized spacial score (nSPS) is 32.6. The van der Waals surface area contributed by atoms with Crippen molar-refractivity contribution in [3.63, 3.8) is 0 Å². The van der Waals surface area contributed by atoms with Gasteiger partial charge in [-0.1, -0.05) is 19.1 Å². The molecule has 0 aromatic heterocycles. The van der Waals surface area contributed by atoms with Gasteiger partial charge in [0, 0.05) is 23.2 Å². The largest absolute Gasteiger partial charge is 0.367 e. The first kappa shape index (κ1) is 11.8. The molecule has 1 aliphatic heterocycles. The van der Waals surface area contributed by atoms with Gasteiger partial charge in [0.2, 0.25) is 0 Å². The average Bonchev–Trinajstić information content (AvgIpc) is 2.15. The summed E-state index contributed by atoms with van der Waals surface area (Å²) >= 11 is 0. The Hall–Kier alpha value is -0.720. The maximum atomic E-state index is 2.64. The number of hydrogen-bond acceptors (Lipinski definition) is 1. The zero-order chi connectivity index (χ0) is 11.9. The Morgan fingerprint density at radius 3 is 2.69 bits per heavy atom. The van der Waals surface area contributed by atoms with E-state index in [0.717, 1.165) is 11.8 Å². The van der Waals surface area contributed by atoms with E-state index in [4.69, 9.17) is 0 Å². The Morgan fingerprint density at radius 1 is 1.38 bits per heavy atom. The monoisotopic (exact) mass is 219 g/mol. The minimum absolute atomic E-state index is 0.307. The van der Waals surface area contributed by atoms with Crippen molar-refractivity contribution in [1.29, 1.82) is 0 Å². The van der Waals surface area contributed by atoms with E-state index >= 15 is 0 Å². The molecule has 0 aromatic rings. The van der Waals surface area contributed by atoms with E-state index in [1.807, 2.05) is 0 Å². The summed E-state index contributed by atoms with van der Waals surface area (Å²) < 4.78 is 0. The Balaban J connectivity index is 2.39. The zero-order valence-corrected chi connectivity index (χ0v) is 11.3. The van der Waals surface area contributed by atoms with Crippen molar-refractivity contribution in [2.24, 2.45) is 11.8 Å². The number of piperidine rings is 1. The summed E-state index contributed by atoms with van der Waals surface area (Å²) in [5.41, 5.74) is 1.88. The van der Waals surface area contributed by atoms with E-state index in [0.29, 0.717) is 11.6 Å². The summed E-state index contributed by atoms with van der Waals surface area (Å²) in [5.74, 6) is 1.56. The predicted octanol–water partition coefficient (Wildman–Crippen LogP) is 3.98. The third-order valence-electron chi connectivity index (χ3n) is 4.13. The first-order valence-electron chi connectivity index (χ1n) is 6.59. The molecule has 90 valence electrons. The van der Waals surface area contributed by atoms with Crippen LogP contribution >= 0.6 is 0 Å². The number of likely N-dealkylation sites (tertiary alicyclic amines) is 1. The fourth-order valence-corrected chi connectivity index (χ4v) is 3.79. The van der Waals surface area contributed by atoms with Crippen molar-refractivity contribution in [3.05, 3.63) is 23.9 Å². The molecule has 0 radical (unpaired) electrons. The van der Waals surface area contributed by atoms with Gasteiger partial charge < -0.3 is 4.90 Å². The maximum Gasteiger partial charge on any atom is 0.0348 e. The Kier molecular flexibility index (Phi) is 2.90. The Morgan fingerprint density at radius 2 is 2.06 bits per heavy atom. The van der Waals surface area contributed by atoms with E-state index in [1.54, 1.807) is 5.70 Å². The highest BCUT2D eigenvalue weighted by molar-refractivity contribution is 5.25. The van der Waals surface area contributed by atoms with Gasteiger partial charge in [-0.25, -0.2) is 0 Å². The quantitative estimate of drug-likeness (QED) is 0.645. The minimum Gasteiger partial charge on any atom is -0.367 e. The number of fused-ring (bicyclic) bond motifs is 1. The van der Waals surface area contributed by atoms with Crippen molar-refractivity contribution >= 4 is 0 Å². The van der Waals surface area contributed by atoms with E-state index in [2.05, 4.69) is 57.7 Å². The van der Waals surface area contributed by atoms with Crippen molar-refractivity contribution in [3.8, 4) is 0 Å². The first-order chi connectivity index (χ1) is 7.43. The molecule has 2 rings (SSSR count). The van der Waals surface area contributed by atoms with Gasteiger partial charge in [0.05, 0.1) is 0 Å². The molecule has 1 fully saturated rings. The van der Waals surface area contributed by atoms with Gasteiger partial charge in [-0.05, 0) is 52.5 Å². The van der Waals surface area contributed by atoms with Crippen LogP contribution in [0.2, 0.25) is 0 Å². The van der Waals surface area contributed by atoms with Gasteiger partial charge in [0.1, 0.15) is 0 Å². The van der Waals surface area contributed by atoms with E-state index in [-0.39, 0.29) is 0 Å². The molecule has 1 nitrogen and oxygen atoms in total. The molecule has 1 heterocycles. The van der Waals surface area contributed by atoms with E-state index in [1.165, 1.54) is 12.8 Å². The second-order valence-corrected chi connectivity index (χ2v) is 6.32. The SMILES string of the molecule is CC1CC(C)(C)N(C(C)C)C2=CC=CCC21. The molecule has 2 unspecified atom stereocenters. The van der Waals surface area contributed by atoms with Gasteiger partial charge in [-0.2, -0.15) is 0 Å². The minimum atomic E-state index is 0.307. The number of nitrogens with zero attached hydrogens (tertiary/aromatic N) is 1. The molecular formula is C15H25N. The lowest BCUT2D eigenvalue weighted by atomic mass is 9.72. The Labute approximate surface area is 100 Å². The lowest BCUT2D eigenvalue weighted by Gasteiger charge is -2.54. The molecule has 1 heteroatoms. The summed E-state index contributed by atoms with van der Waals surface area (Å²) in [7, 11) is 0. The maximum absolute atomic E-state index is 2.64. The zero-order valence-electron chi connectivity index (χ0n) is 11.3. The fourth-order valence-electron chi connectivity index (χ4n) is 3.79. The highest BCUT2D eigenvalue weighted by Gasteiger charge is 2.42. The van der Waals surface area contributed by atoms with Crippen LogP contribution in [0.5, 0.6) is 0 Å². The summed E-state index contributed by atoms with van der Waals surface area (Å²) in [6, 6.07) is 0.600. The first-order valence-corrected chi connectivity index (χ1v) is 6.59. The van der Waals surface area contributed by atoms with Crippen LogP contribution in [-0.4, -0.2) is 16.5 Å². The van der Waals surface area contributed by atoms with Crippen LogP contribution < -0.4 is 0 Å². The molecule has 0 bridgehead atoms. The average molecular weight is 219 g/mol. The standard InChI is InChI=1S/C15H25N/c1-11(2)16-14-9-7-6-8-13(14)12(3)10-15(16,4)5/h6-7,9,11-13H,8,10H2,1-5H3. The van der Waals surface area contributed by atoms with Crippen LogP contribution in [0, 0.1) is 11.8 Å². The van der Waals surface area contributed by atoms with Crippen molar-refractivity contribution in [2.75, 3.05) is 0 Å². The topological polar surface area (TPSA) is 3.24 Å². The molecule has 0 aromatic carbocycles. The fraction of sp³-hybridized carbons (Fsp3) is 0.733. The van der Waals surface area contributed by atoms with Crippen LogP contribution in [0.3, 0.4) is 0 Å². The third-order valence-corrected chi connectivity index (χ3v) is 4.13. The van der Waals surface area contributed by atoms with E-state index < -0.39 is 0 Å². The predicted molar refractivity (Wildman–Crippen MR) is 70.2 cm³/mol. The molecule has 16 heavy (non-hydrogen) atoms. The van der Waals surface area contributed by atoms with Gasteiger partial charge in [-0.3, -0.25) is 0 Å². The smallest absolute Gasteiger partial charge is 0.0348 e. The van der Waals surface area contributed by atoms with E-state index in [9.17, 15) is 0 Å². The van der Waals surface area contributed by atoms with Gasteiger partial charge >= 0.3 is 0 Å². The Bertz CT molecular complexity index is 322. The van der Waals surface area contributed by atoms with Crippen molar-refractivity contribution in [2.45, 2.75) is 59.0 Å². The van der Waals surface area contributed by atoms with Gasteiger partial charge in [-0.15, -0.1) is 0 Å². The molecule has 0 spiro atoms. The third kappa shape index (κ3) is 1.81. The highest BCUT2D eigenvalue weighted by atomic mass is 15.2. The van der Waals surface area contributed by atoms with Crippen molar-refractivity contribution < 1.29 is 0 Å². The van der Waals surface area contributed by atoms with Gasteiger partial charge in [0.25, 0.3) is 0 Å². The molecule has 1 aliphatic carbocycles. The molecule has 1 saturated heterocycles.